The molecule has 0 aromatic carbocycles. The molecule has 0 saturated carbocycles. The molecule has 0 aliphatic heterocycles. The molecule has 0 atom stereocenters. The molecule has 6 nitrogen and oxygen atoms in total. The molecule has 0 amide bonds. The molecule has 0 saturated heterocycles. The van der Waals surface area contributed by atoms with Gasteiger partial charge in [-0.25, -0.2) is 0 Å². The Labute approximate surface area is 83.2 Å². The van der Waals surface area contributed by atoms with E-state index in [1.165, 1.54) is 0 Å². The summed E-state index contributed by atoms with van der Waals surface area (Å²) in [6.45, 7) is 4.28. The Morgan fingerprint density at radius 2 is 2.50 bits per heavy atom. The van der Waals surface area contributed by atoms with Gasteiger partial charge in [-0.2, -0.15) is 0 Å². The van der Waals surface area contributed by atoms with Crippen molar-refractivity contribution in [3.05, 3.63) is 12.4 Å². The lowest BCUT2D eigenvalue weighted by Gasteiger charge is -2.04. The summed E-state index contributed by atoms with van der Waals surface area (Å²) in [4.78, 5) is 4.10. The van der Waals surface area contributed by atoms with Crippen LogP contribution >= 0.6 is 0 Å². The zero-order valence-corrected chi connectivity index (χ0v) is 8.35. The molecule has 0 aliphatic carbocycles. The van der Waals surface area contributed by atoms with Gasteiger partial charge in [0.2, 0.25) is 0 Å². The highest BCUT2D eigenvalue weighted by molar-refractivity contribution is 5.77. The highest BCUT2D eigenvalue weighted by Crippen LogP contribution is 1.79. The minimum absolute atomic E-state index is 0.493. The highest BCUT2D eigenvalue weighted by atomic mass is 15.4. The van der Waals surface area contributed by atoms with Gasteiger partial charge >= 0.3 is 0 Å². The molecule has 0 unspecified atom stereocenters. The van der Waals surface area contributed by atoms with Crippen LogP contribution in [0.25, 0.3) is 0 Å². The number of hydrogen-bond donors (Lipinski definition) is 2. The van der Waals surface area contributed by atoms with Crippen LogP contribution in [0.5, 0.6) is 0 Å². The van der Waals surface area contributed by atoms with Gasteiger partial charge in [0, 0.05) is 19.3 Å². The molecule has 0 spiro atoms. The molecule has 14 heavy (non-hydrogen) atoms. The Bertz CT molecular complexity index is 265. The van der Waals surface area contributed by atoms with Crippen molar-refractivity contribution in [2.75, 3.05) is 13.1 Å². The van der Waals surface area contributed by atoms with Crippen LogP contribution in [0.15, 0.2) is 17.4 Å². The van der Waals surface area contributed by atoms with Gasteiger partial charge in [0.1, 0.15) is 0 Å². The first-order valence-corrected chi connectivity index (χ1v) is 4.71. The van der Waals surface area contributed by atoms with Crippen LogP contribution in [0.4, 0.5) is 0 Å². The van der Waals surface area contributed by atoms with Crippen molar-refractivity contribution in [2.24, 2.45) is 10.7 Å². The van der Waals surface area contributed by atoms with Gasteiger partial charge in [-0.1, -0.05) is 12.1 Å². The molecule has 1 heterocycles. The van der Waals surface area contributed by atoms with E-state index < -0.39 is 0 Å². The van der Waals surface area contributed by atoms with Crippen molar-refractivity contribution in [1.82, 2.24) is 20.3 Å². The van der Waals surface area contributed by atoms with E-state index in [1.54, 1.807) is 17.1 Å². The number of aliphatic imine (C=N–C) groups is 1. The zero-order chi connectivity index (χ0) is 10.2. The fraction of sp³-hybridized carbons (Fsp3) is 0.625. The maximum Gasteiger partial charge on any atom is 0.188 e. The predicted octanol–water partition coefficient (Wildman–Crippen LogP) is -0.408. The summed E-state index contributed by atoms with van der Waals surface area (Å²) in [5.41, 5.74) is 5.59. The second-order valence-corrected chi connectivity index (χ2v) is 2.86. The predicted molar refractivity (Wildman–Crippen MR) is 54.8 cm³/mol. The SMILES string of the molecule is CCCN=C(N)NCCn1ccnn1. The molecule has 3 N–H and O–H groups in total. The van der Waals surface area contributed by atoms with E-state index in [-0.39, 0.29) is 0 Å². The van der Waals surface area contributed by atoms with Crippen molar-refractivity contribution in [2.45, 2.75) is 19.9 Å². The fourth-order valence-corrected chi connectivity index (χ4v) is 0.939. The minimum atomic E-state index is 0.493. The molecule has 0 fully saturated rings. The van der Waals surface area contributed by atoms with Crippen molar-refractivity contribution < 1.29 is 0 Å². The van der Waals surface area contributed by atoms with Gasteiger partial charge in [0.25, 0.3) is 0 Å². The Morgan fingerprint density at radius 3 is 3.14 bits per heavy atom. The van der Waals surface area contributed by atoms with Crippen LogP contribution in [0.3, 0.4) is 0 Å². The van der Waals surface area contributed by atoms with E-state index in [1.807, 2.05) is 0 Å². The fourth-order valence-electron chi connectivity index (χ4n) is 0.939. The van der Waals surface area contributed by atoms with Crippen LogP contribution in [-0.4, -0.2) is 34.0 Å². The molecule has 6 heteroatoms. The molecular weight excluding hydrogens is 180 g/mol. The third-order valence-corrected chi connectivity index (χ3v) is 1.62. The Balaban J connectivity index is 2.15. The number of rotatable bonds is 5. The monoisotopic (exact) mass is 196 g/mol. The average Bonchev–Trinajstić information content (AvgIpc) is 2.67. The summed E-state index contributed by atoms with van der Waals surface area (Å²) < 4.78 is 1.74. The molecule has 1 aromatic heterocycles. The average molecular weight is 196 g/mol. The van der Waals surface area contributed by atoms with E-state index in [4.69, 9.17) is 5.73 Å². The Morgan fingerprint density at radius 1 is 1.64 bits per heavy atom. The van der Waals surface area contributed by atoms with Gasteiger partial charge in [-0.3, -0.25) is 9.67 Å². The third-order valence-electron chi connectivity index (χ3n) is 1.62. The van der Waals surface area contributed by atoms with Crippen molar-refractivity contribution in [1.29, 1.82) is 0 Å². The van der Waals surface area contributed by atoms with E-state index in [2.05, 4.69) is 27.5 Å². The normalized spacial score (nSPS) is 11.6. The standard InChI is InChI=1S/C8H16N6/c1-2-3-10-8(9)11-4-6-14-7-5-12-13-14/h5,7H,2-4,6H2,1H3,(H3,9,10,11). The molecule has 1 aromatic rings. The van der Waals surface area contributed by atoms with Crippen LogP contribution in [-0.2, 0) is 6.54 Å². The van der Waals surface area contributed by atoms with E-state index in [9.17, 15) is 0 Å². The number of aromatic nitrogens is 3. The first-order valence-electron chi connectivity index (χ1n) is 4.71. The number of nitrogens with two attached hydrogens (primary N) is 1. The molecule has 0 aliphatic rings. The number of hydrogen-bond acceptors (Lipinski definition) is 3. The van der Waals surface area contributed by atoms with Crippen molar-refractivity contribution in [3.8, 4) is 0 Å². The van der Waals surface area contributed by atoms with E-state index in [0.29, 0.717) is 12.5 Å². The topological polar surface area (TPSA) is 81.1 Å². The lowest BCUT2D eigenvalue weighted by molar-refractivity contribution is 0.579. The maximum absolute atomic E-state index is 5.59. The molecular formula is C8H16N6. The maximum atomic E-state index is 5.59. The molecule has 0 bridgehead atoms. The lowest BCUT2D eigenvalue weighted by Crippen LogP contribution is -2.34. The Hall–Kier alpha value is -1.59. The van der Waals surface area contributed by atoms with Crippen LogP contribution in [0, 0.1) is 0 Å². The molecule has 1 rings (SSSR count). The summed E-state index contributed by atoms with van der Waals surface area (Å²) in [6.07, 6.45) is 4.46. The summed E-state index contributed by atoms with van der Waals surface area (Å²) in [5.74, 6) is 0.493. The van der Waals surface area contributed by atoms with Gasteiger partial charge in [-0.05, 0) is 6.42 Å². The number of nitrogens with one attached hydrogen (secondary N) is 1. The van der Waals surface area contributed by atoms with Crippen LogP contribution < -0.4 is 11.1 Å². The lowest BCUT2D eigenvalue weighted by atomic mass is 10.5. The second-order valence-electron chi connectivity index (χ2n) is 2.86. The van der Waals surface area contributed by atoms with E-state index >= 15 is 0 Å². The smallest absolute Gasteiger partial charge is 0.188 e. The van der Waals surface area contributed by atoms with E-state index in [0.717, 1.165) is 19.5 Å². The largest absolute Gasteiger partial charge is 0.370 e. The third kappa shape index (κ3) is 3.88. The summed E-state index contributed by atoms with van der Waals surface area (Å²) in [5, 5.41) is 10.5. The van der Waals surface area contributed by atoms with Gasteiger partial charge in [0.15, 0.2) is 5.96 Å². The quantitative estimate of drug-likeness (QED) is 0.495. The minimum Gasteiger partial charge on any atom is -0.370 e. The van der Waals surface area contributed by atoms with Crippen molar-refractivity contribution in [3.63, 3.8) is 0 Å². The van der Waals surface area contributed by atoms with Crippen LogP contribution in [0.1, 0.15) is 13.3 Å². The van der Waals surface area contributed by atoms with Crippen LogP contribution in [0.2, 0.25) is 0 Å². The number of guanidine groups is 1. The molecule has 0 radical (unpaired) electrons. The first kappa shape index (κ1) is 10.5. The van der Waals surface area contributed by atoms with Gasteiger partial charge in [0.05, 0.1) is 12.7 Å². The summed E-state index contributed by atoms with van der Waals surface area (Å²) in [7, 11) is 0. The van der Waals surface area contributed by atoms with Gasteiger partial charge in [-0.15, -0.1) is 5.10 Å². The summed E-state index contributed by atoms with van der Waals surface area (Å²) in [6, 6.07) is 0. The Kier molecular flexibility index (Phi) is 4.46. The van der Waals surface area contributed by atoms with Crippen molar-refractivity contribution >= 4 is 5.96 Å². The number of nitrogens with zero attached hydrogens (tertiary/aromatic N) is 4. The summed E-state index contributed by atoms with van der Waals surface area (Å²) >= 11 is 0. The highest BCUT2D eigenvalue weighted by Gasteiger charge is 1.92. The first-order chi connectivity index (χ1) is 6.83. The molecule has 78 valence electrons. The van der Waals surface area contributed by atoms with Gasteiger partial charge < -0.3 is 11.1 Å². The second kappa shape index (κ2) is 5.95. The zero-order valence-electron chi connectivity index (χ0n) is 8.35.